The van der Waals surface area contributed by atoms with Gasteiger partial charge in [-0.3, -0.25) is 4.79 Å². The van der Waals surface area contributed by atoms with Crippen LogP contribution in [0.5, 0.6) is 0 Å². The Morgan fingerprint density at radius 3 is 2.52 bits per heavy atom. The lowest BCUT2D eigenvalue weighted by Crippen LogP contribution is -2.46. The average Bonchev–Trinajstić information content (AvgIpc) is 2.71. The van der Waals surface area contributed by atoms with E-state index in [1.54, 1.807) is 18.2 Å². The highest BCUT2D eigenvalue weighted by Gasteiger charge is 2.61. The first-order valence-electron chi connectivity index (χ1n) is 7.51. The van der Waals surface area contributed by atoms with Crippen molar-refractivity contribution in [3.05, 3.63) is 33.8 Å². The highest BCUT2D eigenvalue weighted by molar-refractivity contribution is 6.36. The van der Waals surface area contributed by atoms with Gasteiger partial charge in [-0.1, -0.05) is 44.0 Å². The summed E-state index contributed by atoms with van der Waals surface area (Å²) >= 11 is 12.0. The van der Waals surface area contributed by atoms with Gasteiger partial charge in [-0.25, -0.2) is 0 Å². The Morgan fingerprint density at radius 2 is 2.00 bits per heavy atom. The van der Waals surface area contributed by atoms with E-state index in [4.69, 9.17) is 23.2 Å². The summed E-state index contributed by atoms with van der Waals surface area (Å²) < 4.78 is 0. The monoisotopic (exact) mass is 325 g/mol. The summed E-state index contributed by atoms with van der Waals surface area (Å²) in [6.07, 6.45) is 3.53. The minimum absolute atomic E-state index is 0.0914. The van der Waals surface area contributed by atoms with Crippen molar-refractivity contribution in [3.63, 3.8) is 0 Å². The maximum Gasteiger partial charge on any atom is 0.253 e. The Morgan fingerprint density at radius 1 is 1.29 bits per heavy atom. The number of fused-ring (bicyclic) bond motifs is 2. The zero-order valence-corrected chi connectivity index (χ0v) is 14.2. The Balaban J connectivity index is 1.80. The van der Waals surface area contributed by atoms with Crippen LogP contribution in [-0.2, 0) is 0 Å². The van der Waals surface area contributed by atoms with Crippen molar-refractivity contribution in [2.24, 2.45) is 16.7 Å². The molecule has 0 aromatic heterocycles. The minimum atomic E-state index is -0.0914. The van der Waals surface area contributed by atoms with Gasteiger partial charge in [0.1, 0.15) is 0 Å². The molecule has 0 saturated heterocycles. The molecule has 21 heavy (non-hydrogen) atoms. The number of benzene rings is 1. The van der Waals surface area contributed by atoms with Crippen molar-refractivity contribution < 1.29 is 4.79 Å². The van der Waals surface area contributed by atoms with Crippen molar-refractivity contribution in [1.29, 1.82) is 0 Å². The van der Waals surface area contributed by atoms with Gasteiger partial charge < -0.3 is 5.32 Å². The van der Waals surface area contributed by atoms with Gasteiger partial charge >= 0.3 is 0 Å². The lowest BCUT2D eigenvalue weighted by atomic mass is 9.69. The fourth-order valence-corrected chi connectivity index (χ4v) is 4.83. The number of rotatable bonds is 2. The van der Waals surface area contributed by atoms with Gasteiger partial charge in [-0.05, 0) is 54.2 Å². The molecular formula is C17H21Cl2NO. The number of hydrogen-bond acceptors (Lipinski definition) is 1. The van der Waals surface area contributed by atoms with Crippen molar-refractivity contribution >= 4 is 29.1 Å². The van der Waals surface area contributed by atoms with Crippen LogP contribution in [0.3, 0.4) is 0 Å². The summed E-state index contributed by atoms with van der Waals surface area (Å²) in [6.45, 7) is 6.99. The Labute approximate surface area is 136 Å². The van der Waals surface area contributed by atoms with E-state index in [1.807, 2.05) is 0 Å². The van der Waals surface area contributed by atoms with Gasteiger partial charge in [0, 0.05) is 11.1 Å². The normalized spacial score (nSPS) is 33.2. The van der Waals surface area contributed by atoms with E-state index < -0.39 is 0 Å². The molecule has 2 aliphatic rings. The van der Waals surface area contributed by atoms with E-state index in [0.717, 1.165) is 6.42 Å². The second kappa shape index (κ2) is 4.89. The largest absolute Gasteiger partial charge is 0.349 e. The first-order valence-corrected chi connectivity index (χ1v) is 8.27. The summed E-state index contributed by atoms with van der Waals surface area (Å²) in [4.78, 5) is 12.5. The first-order chi connectivity index (χ1) is 9.75. The van der Waals surface area contributed by atoms with E-state index in [-0.39, 0.29) is 22.8 Å². The van der Waals surface area contributed by atoms with Crippen molar-refractivity contribution in [2.75, 3.05) is 0 Å². The number of carbonyl (C=O) groups excluding carboxylic acids is 1. The van der Waals surface area contributed by atoms with Crippen LogP contribution in [0.4, 0.5) is 0 Å². The van der Waals surface area contributed by atoms with Crippen molar-refractivity contribution in [3.8, 4) is 0 Å². The maximum absolute atomic E-state index is 12.5. The number of carbonyl (C=O) groups is 1. The third kappa shape index (κ3) is 2.19. The minimum Gasteiger partial charge on any atom is -0.349 e. The molecule has 1 N–H and O–H groups in total. The second-order valence-electron chi connectivity index (χ2n) is 7.26. The van der Waals surface area contributed by atoms with Crippen LogP contribution in [0.25, 0.3) is 0 Å². The molecule has 0 radical (unpaired) electrons. The molecule has 0 unspecified atom stereocenters. The number of amides is 1. The molecule has 3 rings (SSSR count). The van der Waals surface area contributed by atoms with Gasteiger partial charge in [-0.2, -0.15) is 0 Å². The highest BCUT2D eigenvalue weighted by Crippen LogP contribution is 2.65. The summed E-state index contributed by atoms with van der Waals surface area (Å²) in [5.74, 6) is 0.611. The Kier molecular flexibility index (Phi) is 3.53. The van der Waals surface area contributed by atoms with Crippen LogP contribution in [0.15, 0.2) is 18.2 Å². The summed E-state index contributed by atoms with van der Waals surface area (Å²) in [5, 5.41) is 4.17. The van der Waals surface area contributed by atoms with Gasteiger partial charge in [0.25, 0.3) is 5.91 Å². The highest BCUT2D eigenvalue weighted by atomic mass is 35.5. The molecule has 1 aromatic carbocycles. The molecule has 1 amide bonds. The number of halogens is 2. The van der Waals surface area contributed by atoms with E-state index in [0.29, 0.717) is 21.5 Å². The molecule has 4 heteroatoms. The number of nitrogens with one attached hydrogen (secondary N) is 1. The summed E-state index contributed by atoms with van der Waals surface area (Å²) in [5.41, 5.74) is 0.964. The molecule has 0 spiro atoms. The molecule has 2 nitrogen and oxygen atoms in total. The third-order valence-corrected chi connectivity index (χ3v) is 6.82. The van der Waals surface area contributed by atoms with Crippen LogP contribution in [-0.4, -0.2) is 11.9 Å². The summed E-state index contributed by atoms with van der Waals surface area (Å²) in [6, 6.07) is 5.24. The lowest BCUT2D eigenvalue weighted by Gasteiger charge is -2.39. The van der Waals surface area contributed by atoms with Crippen LogP contribution in [0.1, 0.15) is 50.4 Å². The molecule has 0 heterocycles. The van der Waals surface area contributed by atoms with Gasteiger partial charge in [0.05, 0.1) is 10.6 Å². The third-order valence-electron chi connectivity index (χ3n) is 6.28. The average molecular weight is 326 g/mol. The van der Waals surface area contributed by atoms with Crippen LogP contribution >= 0.6 is 23.2 Å². The van der Waals surface area contributed by atoms with Gasteiger partial charge in [-0.15, -0.1) is 0 Å². The maximum atomic E-state index is 12.5. The molecule has 2 aliphatic carbocycles. The van der Waals surface area contributed by atoms with Crippen LogP contribution in [0, 0.1) is 16.7 Å². The zero-order chi connectivity index (χ0) is 15.4. The fraction of sp³-hybridized carbons (Fsp3) is 0.588. The molecule has 2 saturated carbocycles. The quantitative estimate of drug-likeness (QED) is 0.819. The Hall–Kier alpha value is -0.730. The van der Waals surface area contributed by atoms with Crippen molar-refractivity contribution in [2.45, 2.75) is 46.1 Å². The molecule has 0 aliphatic heterocycles. The topological polar surface area (TPSA) is 29.1 Å². The fourth-order valence-electron chi connectivity index (χ4n) is 4.33. The summed E-state index contributed by atoms with van der Waals surface area (Å²) in [7, 11) is 0. The second-order valence-corrected chi connectivity index (χ2v) is 8.10. The Bertz CT molecular complexity index is 598. The SMILES string of the molecule is CC1(C)[C@@H]2CC[C@@]1(C)[C@H](NC(=O)c1ccc(Cl)cc1Cl)C2. The first kappa shape index (κ1) is 15.2. The van der Waals surface area contributed by atoms with E-state index in [9.17, 15) is 4.79 Å². The molecule has 1 aromatic rings. The standard InChI is InChI=1S/C17H21Cl2NO/c1-16(2)10-6-7-17(16,3)14(8-10)20-15(21)12-5-4-11(18)9-13(12)19/h4-5,9-10,14H,6-8H2,1-3H3,(H,20,21)/t10-,14-,17+/m1/s1. The molecule has 2 fully saturated rings. The molecule has 2 bridgehead atoms. The van der Waals surface area contributed by atoms with E-state index >= 15 is 0 Å². The predicted molar refractivity (Wildman–Crippen MR) is 86.9 cm³/mol. The smallest absolute Gasteiger partial charge is 0.253 e. The van der Waals surface area contributed by atoms with Gasteiger partial charge in [0.15, 0.2) is 0 Å². The lowest BCUT2D eigenvalue weighted by molar-refractivity contribution is 0.0826. The molecule has 114 valence electrons. The van der Waals surface area contributed by atoms with Crippen molar-refractivity contribution in [1.82, 2.24) is 5.32 Å². The number of hydrogen-bond donors (Lipinski definition) is 1. The van der Waals surface area contributed by atoms with E-state index in [2.05, 4.69) is 26.1 Å². The van der Waals surface area contributed by atoms with Crippen LogP contribution in [0.2, 0.25) is 10.0 Å². The predicted octanol–water partition coefficient (Wildman–Crippen LogP) is 4.94. The van der Waals surface area contributed by atoms with Gasteiger partial charge in [0.2, 0.25) is 0 Å². The molecule has 3 atom stereocenters. The van der Waals surface area contributed by atoms with Crippen LogP contribution < -0.4 is 5.32 Å². The molecular weight excluding hydrogens is 305 g/mol. The zero-order valence-electron chi connectivity index (χ0n) is 12.7. The van der Waals surface area contributed by atoms with E-state index in [1.165, 1.54) is 12.8 Å².